The molecule has 138 valence electrons. The van der Waals surface area contributed by atoms with Crippen molar-refractivity contribution in [2.75, 3.05) is 4.90 Å². The largest absolute Gasteiger partial charge is 0.507 e. The second kappa shape index (κ2) is 7.25. The van der Waals surface area contributed by atoms with Crippen molar-refractivity contribution in [3.05, 3.63) is 64.2 Å². The zero-order valence-corrected chi connectivity index (χ0v) is 15.4. The van der Waals surface area contributed by atoms with E-state index in [2.05, 4.69) is 5.32 Å². The fourth-order valence-electron chi connectivity index (χ4n) is 2.70. The molecule has 0 unspecified atom stereocenters. The van der Waals surface area contributed by atoms with Crippen LogP contribution in [0, 0.1) is 0 Å². The maximum atomic E-state index is 12.8. The lowest BCUT2D eigenvalue weighted by atomic mass is 10.0. The van der Waals surface area contributed by atoms with Gasteiger partial charge in [-0.05, 0) is 47.9 Å². The lowest BCUT2D eigenvalue weighted by molar-refractivity contribution is -0.122. The van der Waals surface area contributed by atoms with Crippen molar-refractivity contribution in [3.63, 3.8) is 0 Å². The van der Waals surface area contributed by atoms with Gasteiger partial charge in [-0.15, -0.1) is 0 Å². The quantitative estimate of drug-likeness (QED) is 0.621. The van der Waals surface area contributed by atoms with Crippen LogP contribution in [0.15, 0.2) is 48.0 Å². The number of barbiturate groups is 1. The second-order valence-electron chi connectivity index (χ2n) is 6.41. The number of benzene rings is 2. The molecular formula is C20H17ClN2O4. The number of phenolic OH excluding ortho intramolecular Hbond substituents is 1. The summed E-state index contributed by atoms with van der Waals surface area (Å²) in [7, 11) is 0. The van der Waals surface area contributed by atoms with Crippen LogP contribution in [-0.2, 0) is 9.59 Å². The molecule has 4 amide bonds. The first kappa shape index (κ1) is 18.7. The van der Waals surface area contributed by atoms with Gasteiger partial charge in [-0.3, -0.25) is 14.9 Å². The van der Waals surface area contributed by atoms with E-state index in [1.54, 1.807) is 12.1 Å². The number of carbonyl (C=O) groups is 3. The second-order valence-corrected chi connectivity index (χ2v) is 6.84. The molecule has 0 saturated carbocycles. The smallest absolute Gasteiger partial charge is 0.335 e. The van der Waals surface area contributed by atoms with E-state index in [9.17, 15) is 19.5 Å². The minimum atomic E-state index is -0.834. The third kappa shape index (κ3) is 3.71. The Labute approximate surface area is 161 Å². The van der Waals surface area contributed by atoms with Crippen LogP contribution in [0.5, 0.6) is 5.75 Å². The van der Waals surface area contributed by atoms with E-state index in [0.29, 0.717) is 16.6 Å². The molecule has 2 N–H and O–H groups in total. The molecule has 3 rings (SSSR count). The number of halogens is 1. The first-order chi connectivity index (χ1) is 12.8. The fraction of sp³-hybridized carbons (Fsp3) is 0.150. The number of anilines is 1. The Kier molecular flexibility index (Phi) is 5.01. The maximum absolute atomic E-state index is 12.8. The van der Waals surface area contributed by atoms with Crippen molar-refractivity contribution >= 4 is 41.2 Å². The third-order valence-corrected chi connectivity index (χ3v) is 4.44. The van der Waals surface area contributed by atoms with Crippen molar-refractivity contribution < 1.29 is 19.5 Å². The molecular weight excluding hydrogens is 368 g/mol. The predicted octanol–water partition coefficient (Wildman–Crippen LogP) is 3.84. The van der Waals surface area contributed by atoms with Crippen molar-refractivity contribution in [1.82, 2.24) is 5.32 Å². The third-order valence-electron chi connectivity index (χ3n) is 4.21. The highest BCUT2D eigenvalue weighted by atomic mass is 35.5. The van der Waals surface area contributed by atoms with Crippen LogP contribution in [0.4, 0.5) is 10.5 Å². The Hall–Kier alpha value is -3.12. The molecule has 0 bridgehead atoms. The molecule has 7 heteroatoms. The zero-order valence-electron chi connectivity index (χ0n) is 14.7. The average Bonchev–Trinajstić information content (AvgIpc) is 2.61. The summed E-state index contributed by atoms with van der Waals surface area (Å²) in [5.41, 5.74) is 1.32. The minimum absolute atomic E-state index is 0.141. The molecule has 0 spiro atoms. The van der Waals surface area contributed by atoms with Gasteiger partial charge in [-0.1, -0.05) is 37.6 Å². The summed E-state index contributed by atoms with van der Waals surface area (Å²) >= 11 is 5.90. The van der Waals surface area contributed by atoms with Gasteiger partial charge in [0.2, 0.25) is 0 Å². The molecule has 0 aromatic heterocycles. The number of rotatable bonds is 3. The summed E-state index contributed by atoms with van der Waals surface area (Å²) in [6.45, 7) is 4.06. The fourth-order valence-corrected chi connectivity index (χ4v) is 2.88. The van der Waals surface area contributed by atoms with E-state index in [1.807, 2.05) is 26.0 Å². The van der Waals surface area contributed by atoms with Gasteiger partial charge in [-0.2, -0.15) is 0 Å². The van der Waals surface area contributed by atoms with Crippen molar-refractivity contribution in [1.29, 1.82) is 0 Å². The Morgan fingerprint density at radius 2 is 1.74 bits per heavy atom. The summed E-state index contributed by atoms with van der Waals surface area (Å²) in [6.07, 6.45) is 1.21. The molecule has 6 nitrogen and oxygen atoms in total. The van der Waals surface area contributed by atoms with Crippen LogP contribution in [0.1, 0.15) is 30.9 Å². The SMILES string of the molecule is CC(C)c1ccc(N2C(=O)NC(=O)/C(=C\c3cc(Cl)ccc3O)C2=O)cc1. The van der Waals surface area contributed by atoms with Gasteiger partial charge >= 0.3 is 6.03 Å². The van der Waals surface area contributed by atoms with Crippen molar-refractivity contribution in [2.45, 2.75) is 19.8 Å². The molecule has 0 atom stereocenters. The van der Waals surface area contributed by atoms with Crippen molar-refractivity contribution in [2.24, 2.45) is 0 Å². The highest BCUT2D eigenvalue weighted by Gasteiger charge is 2.36. The number of phenols is 1. The van der Waals surface area contributed by atoms with E-state index >= 15 is 0 Å². The Bertz CT molecular complexity index is 964. The highest BCUT2D eigenvalue weighted by molar-refractivity contribution is 6.39. The van der Waals surface area contributed by atoms with E-state index < -0.39 is 17.8 Å². The number of aromatic hydroxyl groups is 1. The Balaban J connectivity index is 2.01. The van der Waals surface area contributed by atoms with Gasteiger partial charge in [0.25, 0.3) is 11.8 Å². The molecule has 27 heavy (non-hydrogen) atoms. The number of amides is 4. The number of nitrogens with zero attached hydrogens (tertiary/aromatic N) is 1. The van der Waals surface area contributed by atoms with Gasteiger partial charge in [0.05, 0.1) is 5.69 Å². The Morgan fingerprint density at radius 1 is 1.07 bits per heavy atom. The first-order valence-electron chi connectivity index (χ1n) is 8.28. The van der Waals surface area contributed by atoms with Gasteiger partial charge < -0.3 is 5.11 Å². The summed E-state index contributed by atoms with van der Waals surface area (Å²) < 4.78 is 0. The summed E-state index contributed by atoms with van der Waals surface area (Å²) in [5.74, 6) is -1.45. The van der Waals surface area contributed by atoms with Crippen LogP contribution >= 0.6 is 11.6 Å². The molecule has 2 aromatic carbocycles. The predicted molar refractivity (Wildman–Crippen MR) is 103 cm³/mol. The van der Waals surface area contributed by atoms with Crippen LogP contribution in [-0.4, -0.2) is 23.0 Å². The van der Waals surface area contributed by atoms with E-state index in [0.717, 1.165) is 10.5 Å². The van der Waals surface area contributed by atoms with E-state index in [4.69, 9.17) is 11.6 Å². The standard InChI is InChI=1S/C20H17ClN2O4/c1-11(2)12-3-6-15(7-4-12)23-19(26)16(18(25)22-20(23)27)10-13-9-14(21)5-8-17(13)24/h3-11,24H,1-2H3,(H,22,25,27)/b16-10+. The number of hydrogen-bond acceptors (Lipinski definition) is 4. The van der Waals surface area contributed by atoms with Crippen LogP contribution in [0.3, 0.4) is 0 Å². The molecule has 1 aliphatic rings. The number of nitrogens with one attached hydrogen (secondary N) is 1. The summed E-state index contributed by atoms with van der Waals surface area (Å²) in [6, 6.07) is 10.4. The molecule has 0 radical (unpaired) electrons. The summed E-state index contributed by atoms with van der Waals surface area (Å²) in [4.78, 5) is 38.1. The summed E-state index contributed by atoms with van der Waals surface area (Å²) in [5, 5.41) is 12.4. The first-order valence-corrected chi connectivity index (χ1v) is 8.65. The topological polar surface area (TPSA) is 86.7 Å². The van der Waals surface area contributed by atoms with Crippen LogP contribution in [0.2, 0.25) is 5.02 Å². The zero-order chi connectivity index (χ0) is 19.7. The number of hydrogen-bond donors (Lipinski definition) is 2. The van der Waals surface area contributed by atoms with E-state index in [1.165, 1.54) is 24.3 Å². The van der Waals surface area contributed by atoms with Crippen LogP contribution < -0.4 is 10.2 Å². The monoisotopic (exact) mass is 384 g/mol. The molecule has 1 heterocycles. The lowest BCUT2D eigenvalue weighted by Gasteiger charge is -2.26. The normalized spacial score (nSPS) is 16.2. The molecule has 1 aliphatic heterocycles. The maximum Gasteiger partial charge on any atom is 0.335 e. The van der Waals surface area contributed by atoms with Gasteiger partial charge in [0.15, 0.2) is 0 Å². The average molecular weight is 385 g/mol. The molecule has 1 saturated heterocycles. The van der Waals surface area contributed by atoms with Gasteiger partial charge in [0.1, 0.15) is 11.3 Å². The highest BCUT2D eigenvalue weighted by Crippen LogP contribution is 2.27. The number of urea groups is 1. The van der Waals surface area contributed by atoms with Crippen LogP contribution in [0.25, 0.3) is 6.08 Å². The Morgan fingerprint density at radius 3 is 2.37 bits per heavy atom. The molecule has 2 aromatic rings. The lowest BCUT2D eigenvalue weighted by Crippen LogP contribution is -2.54. The number of imide groups is 2. The van der Waals surface area contributed by atoms with Gasteiger partial charge in [0, 0.05) is 10.6 Å². The number of carbonyl (C=O) groups excluding carboxylic acids is 3. The molecule has 1 fully saturated rings. The van der Waals surface area contributed by atoms with E-state index in [-0.39, 0.29) is 16.9 Å². The van der Waals surface area contributed by atoms with Gasteiger partial charge in [-0.25, -0.2) is 9.69 Å². The van der Waals surface area contributed by atoms with Crippen molar-refractivity contribution in [3.8, 4) is 5.75 Å². The minimum Gasteiger partial charge on any atom is -0.507 e. The molecule has 0 aliphatic carbocycles.